The molecule has 0 aromatic carbocycles. The second-order valence-electron chi connectivity index (χ2n) is 5.69. The molecule has 1 saturated heterocycles. The standard InChI is InChI=1S/C12H22N2O3S.ClH/c1-14(10-5-8-18(16,17)9-10)11(15)12(13)6-3-2-4-7-12;/h10H,2-9,13H2,1H3;1H. The summed E-state index contributed by atoms with van der Waals surface area (Å²) >= 11 is 0. The van der Waals surface area contributed by atoms with E-state index in [1.807, 2.05) is 0 Å². The van der Waals surface area contributed by atoms with Crippen molar-refractivity contribution in [3.05, 3.63) is 0 Å². The Bertz CT molecular complexity index is 432. The summed E-state index contributed by atoms with van der Waals surface area (Å²) in [5.41, 5.74) is 5.43. The van der Waals surface area contributed by atoms with Gasteiger partial charge < -0.3 is 10.6 Å². The monoisotopic (exact) mass is 310 g/mol. The van der Waals surface area contributed by atoms with Crippen LogP contribution in [-0.4, -0.2) is 49.4 Å². The van der Waals surface area contributed by atoms with Crippen LogP contribution in [0.15, 0.2) is 0 Å². The summed E-state index contributed by atoms with van der Waals surface area (Å²) in [5.74, 6) is 0.197. The molecule has 1 heterocycles. The Morgan fingerprint density at radius 3 is 2.32 bits per heavy atom. The molecule has 0 aromatic heterocycles. The van der Waals surface area contributed by atoms with E-state index in [2.05, 4.69) is 0 Å². The first-order chi connectivity index (χ1) is 8.34. The van der Waals surface area contributed by atoms with Gasteiger partial charge in [-0.05, 0) is 19.3 Å². The summed E-state index contributed by atoms with van der Waals surface area (Å²) < 4.78 is 22.9. The third kappa shape index (κ3) is 3.61. The van der Waals surface area contributed by atoms with Gasteiger partial charge in [-0.25, -0.2) is 8.42 Å². The highest BCUT2D eigenvalue weighted by molar-refractivity contribution is 7.91. The Balaban J connectivity index is 0.00000180. The summed E-state index contributed by atoms with van der Waals surface area (Å²) in [6.45, 7) is 0. The molecule has 2 N–H and O–H groups in total. The molecule has 2 aliphatic rings. The molecule has 1 atom stereocenters. The highest BCUT2D eigenvalue weighted by Crippen LogP contribution is 2.29. The third-order valence-electron chi connectivity index (χ3n) is 4.25. The van der Waals surface area contributed by atoms with Crippen LogP contribution in [0.25, 0.3) is 0 Å². The first-order valence-corrected chi connectivity index (χ1v) is 8.43. The van der Waals surface area contributed by atoms with Gasteiger partial charge >= 0.3 is 0 Å². The summed E-state index contributed by atoms with van der Waals surface area (Å²) in [4.78, 5) is 14.0. The van der Waals surface area contributed by atoms with Crippen molar-refractivity contribution in [3.63, 3.8) is 0 Å². The molecule has 2 fully saturated rings. The van der Waals surface area contributed by atoms with Gasteiger partial charge in [-0.2, -0.15) is 0 Å². The number of hydrogen-bond donors (Lipinski definition) is 1. The zero-order chi connectivity index (χ0) is 13.4. The molecule has 0 aromatic rings. The van der Waals surface area contributed by atoms with Gasteiger partial charge in [0, 0.05) is 13.1 Å². The van der Waals surface area contributed by atoms with Crippen LogP contribution in [0.4, 0.5) is 0 Å². The maximum Gasteiger partial charge on any atom is 0.242 e. The highest BCUT2D eigenvalue weighted by atomic mass is 35.5. The maximum atomic E-state index is 12.4. The predicted molar refractivity (Wildman–Crippen MR) is 77.1 cm³/mol. The van der Waals surface area contributed by atoms with E-state index >= 15 is 0 Å². The summed E-state index contributed by atoms with van der Waals surface area (Å²) in [5, 5.41) is 0. The molecule has 5 nitrogen and oxygen atoms in total. The topological polar surface area (TPSA) is 80.5 Å². The van der Waals surface area contributed by atoms with Crippen molar-refractivity contribution in [2.75, 3.05) is 18.6 Å². The number of carbonyl (C=O) groups is 1. The minimum absolute atomic E-state index is 0. The molecule has 1 amide bonds. The molecule has 2 rings (SSSR count). The Labute approximate surface area is 121 Å². The van der Waals surface area contributed by atoms with E-state index in [1.165, 1.54) is 0 Å². The number of hydrogen-bond acceptors (Lipinski definition) is 4. The lowest BCUT2D eigenvalue weighted by molar-refractivity contribution is -0.138. The normalized spacial score (nSPS) is 28.4. The van der Waals surface area contributed by atoms with Crippen LogP contribution < -0.4 is 5.73 Å². The molecule has 0 radical (unpaired) electrons. The van der Waals surface area contributed by atoms with Crippen LogP contribution in [0.2, 0.25) is 0 Å². The van der Waals surface area contributed by atoms with Gasteiger partial charge in [-0.3, -0.25) is 4.79 Å². The number of carbonyl (C=O) groups excluding carboxylic acids is 1. The fraction of sp³-hybridized carbons (Fsp3) is 0.917. The van der Waals surface area contributed by atoms with Crippen molar-refractivity contribution in [1.29, 1.82) is 0 Å². The first-order valence-electron chi connectivity index (χ1n) is 6.61. The average molecular weight is 311 g/mol. The Morgan fingerprint density at radius 1 is 1.26 bits per heavy atom. The van der Waals surface area contributed by atoms with Gasteiger partial charge in [0.05, 0.1) is 17.0 Å². The maximum absolute atomic E-state index is 12.4. The van der Waals surface area contributed by atoms with Crippen molar-refractivity contribution >= 4 is 28.2 Å². The van der Waals surface area contributed by atoms with Crippen LogP contribution >= 0.6 is 12.4 Å². The zero-order valence-corrected chi connectivity index (χ0v) is 12.9. The molecule has 112 valence electrons. The second-order valence-corrected chi connectivity index (χ2v) is 7.92. The van der Waals surface area contributed by atoms with E-state index < -0.39 is 15.4 Å². The number of nitrogens with zero attached hydrogens (tertiary/aromatic N) is 1. The van der Waals surface area contributed by atoms with E-state index in [4.69, 9.17) is 5.73 Å². The molecular formula is C12H23ClN2O3S. The number of halogens is 1. The first kappa shape index (κ1) is 16.7. The quantitative estimate of drug-likeness (QED) is 0.815. The smallest absolute Gasteiger partial charge is 0.242 e. The van der Waals surface area contributed by atoms with E-state index in [0.717, 1.165) is 32.1 Å². The summed E-state index contributed by atoms with van der Waals surface area (Å²) in [6.07, 6.45) is 5.08. The Hall–Kier alpha value is -0.330. The van der Waals surface area contributed by atoms with Gasteiger partial charge in [0.2, 0.25) is 5.91 Å². The second kappa shape index (κ2) is 5.97. The van der Waals surface area contributed by atoms with E-state index in [0.29, 0.717) is 6.42 Å². The van der Waals surface area contributed by atoms with Crippen LogP contribution in [0.3, 0.4) is 0 Å². The molecule has 1 aliphatic heterocycles. The van der Waals surface area contributed by atoms with Crippen molar-refractivity contribution in [2.45, 2.75) is 50.1 Å². The summed E-state index contributed by atoms with van der Waals surface area (Å²) in [6, 6.07) is -0.190. The predicted octanol–water partition coefficient (Wildman–Crippen LogP) is 0.715. The highest BCUT2D eigenvalue weighted by Gasteiger charge is 2.41. The lowest BCUT2D eigenvalue weighted by Crippen LogP contribution is -2.57. The Kier molecular flexibility index (Phi) is 5.26. The summed E-state index contributed by atoms with van der Waals surface area (Å²) in [7, 11) is -1.27. The minimum Gasteiger partial charge on any atom is -0.340 e. The largest absolute Gasteiger partial charge is 0.340 e. The van der Waals surface area contributed by atoms with E-state index in [9.17, 15) is 13.2 Å². The number of likely N-dealkylation sites (N-methyl/N-ethyl adjacent to an activating group) is 1. The van der Waals surface area contributed by atoms with Crippen LogP contribution in [0.5, 0.6) is 0 Å². The SMILES string of the molecule is CN(C(=O)C1(N)CCCCC1)C1CCS(=O)(=O)C1.Cl. The van der Waals surface area contributed by atoms with Gasteiger partial charge in [-0.1, -0.05) is 19.3 Å². The van der Waals surface area contributed by atoms with Gasteiger partial charge in [0.15, 0.2) is 9.84 Å². The van der Waals surface area contributed by atoms with Gasteiger partial charge in [0.1, 0.15) is 0 Å². The molecule has 1 aliphatic carbocycles. The van der Waals surface area contributed by atoms with Crippen molar-refractivity contribution < 1.29 is 13.2 Å². The minimum atomic E-state index is -2.96. The van der Waals surface area contributed by atoms with Crippen LogP contribution in [0.1, 0.15) is 38.5 Å². The van der Waals surface area contributed by atoms with Crippen molar-refractivity contribution in [3.8, 4) is 0 Å². The average Bonchev–Trinajstić information content (AvgIpc) is 2.69. The lowest BCUT2D eigenvalue weighted by atomic mass is 9.81. The molecular weight excluding hydrogens is 288 g/mol. The van der Waals surface area contributed by atoms with Crippen molar-refractivity contribution in [1.82, 2.24) is 4.90 Å². The molecule has 0 spiro atoms. The van der Waals surface area contributed by atoms with E-state index in [1.54, 1.807) is 11.9 Å². The number of rotatable bonds is 2. The fourth-order valence-electron chi connectivity index (χ4n) is 2.99. The number of nitrogens with two attached hydrogens (primary N) is 1. The van der Waals surface area contributed by atoms with Gasteiger partial charge in [0.25, 0.3) is 0 Å². The molecule has 7 heteroatoms. The molecule has 19 heavy (non-hydrogen) atoms. The Morgan fingerprint density at radius 2 is 1.84 bits per heavy atom. The lowest BCUT2D eigenvalue weighted by Gasteiger charge is -2.37. The van der Waals surface area contributed by atoms with Crippen molar-refractivity contribution in [2.24, 2.45) is 5.73 Å². The van der Waals surface area contributed by atoms with Gasteiger partial charge in [-0.15, -0.1) is 12.4 Å². The molecule has 0 bridgehead atoms. The number of sulfone groups is 1. The van der Waals surface area contributed by atoms with Crippen LogP contribution in [-0.2, 0) is 14.6 Å². The van der Waals surface area contributed by atoms with Crippen LogP contribution in [0, 0.1) is 0 Å². The number of amides is 1. The zero-order valence-electron chi connectivity index (χ0n) is 11.3. The fourth-order valence-corrected chi connectivity index (χ4v) is 4.77. The molecule has 1 unspecified atom stereocenters. The molecule has 1 saturated carbocycles. The third-order valence-corrected chi connectivity index (χ3v) is 6.00. The van der Waals surface area contributed by atoms with E-state index in [-0.39, 0.29) is 35.9 Å².